The van der Waals surface area contributed by atoms with Crippen molar-refractivity contribution in [3.05, 3.63) is 46.4 Å². The lowest BCUT2D eigenvalue weighted by molar-refractivity contribution is -0.384. The first-order valence-corrected chi connectivity index (χ1v) is 4.12. The zero-order chi connectivity index (χ0) is 10.0. The number of rotatable bonds is 2. The van der Waals surface area contributed by atoms with Crippen LogP contribution in [-0.2, 0) is 0 Å². The highest BCUT2D eigenvalue weighted by molar-refractivity contribution is 5.42. The third kappa shape index (κ3) is 2.05. The molecule has 0 fully saturated rings. The first-order chi connectivity index (χ1) is 6.02. The first-order valence-electron chi connectivity index (χ1n) is 4.12. The largest absolute Gasteiger partial charge is 0.269 e. The van der Waals surface area contributed by atoms with Gasteiger partial charge in [0, 0.05) is 12.1 Å². The zero-order valence-corrected chi connectivity index (χ0v) is 7.78. The molecule has 0 unspecified atom stereocenters. The van der Waals surface area contributed by atoms with Gasteiger partial charge >= 0.3 is 0 Å². The molecule has 0 bridgehead atoms. The topological polar surface area (TPSA) is 43.1 Å². The monoisotopic (exact) mass is 178 g/mol. The Balaban J connectivity index is 3.13. The van der Waals surface area contributed by atoms with Crippen LogP contribution in [0.3, 0.4) is 0 Å². The molecule has 3 nitrogen and oxygen atoms in total. The average Bonchev–Trinajstić information content (AvgIpc) is 2.03. The van der Waals surface area contributed by atoms with Crippen LogP contribution in [-0.4, -0.2) is 4.92 Å². The summed E-state index contributed by atoms with van der Waals surface area (Å²) in [5.74, 6) is 0.355. The maximum absolute atomic E-state index is 10.4. The van der Waals surface area contributed by atoms with Crippen molar-refractivity contribution in [1.29, 1.82) is 0 Å². The van der Waals surface area contributed by atoms with Gasteiger partial charge in [0.1, 0.15) is 0 Å². The van der Waals surface area contributed by atoms with Gasteiger partial charge in [0.2, 0.25) is 0 Å². The Hall–Kier alpha value is -1.38. The van der Waals surface area contributed by atoms with E-state index in [1.165, 1.54) is 12.1 Å². The van der Waals surface area contributed by atoms with E-state index < -0.39 is 4.92 Å². The number of nitro benzene ring substituents is 1. The minimum atomic E-state index is -0.404. The summed E-state index contributed by atoms with van der Waals surface area (Å²) in [7, 11) is 0. The second-order valence-corrected chi connectivity index (χ2v) is 3.29. The molecule has 3 heteroatoms. The lowest BCUT2D eigenvalue weighted by atomic mass is 9.98. The van der Waals surface area contributed by atoms with Crippen LogP contribution in [0.1, 0.15) is 30.9 Å². The second kappa shape index (κ2) is 3.56. The highest BCUT2D eigenvalue weighted by Gasteiger charge is 2.09. The molecule has 1 rings (SSSR count). The average molecular weight is 178 g/mol. The molecule has 1 aromatic rings. The molecular weight excluding hydrogens is 166 g/mol. The Morgan fingerprint density at radius 1 is 1.46 bits per heavy atom. The molecule has 0 aromatic heterocycles. The SMILES string of the molecule is [CH2]c1cc([N+](=O)[O-])ccc1C(C)C. The van der Waals surface area contributed by atoms with E-state index in [9.17, 15) is 10.1 Å². The quantitative estimate of drug-likeness (QED) is 0.516. The van der Waals surface area contributed by atoms with Gasteiger partial charge in [-0.25, -0.2) is 0 Å². The van der Waals surface area contributed by atoms with Crippen LogP contribution in [0.15, 0.2) is 18.2 Å². The van der Waals surface area contributed by atoms with Gasteiger partial charge in [-0.2, -0.15) is 0 Å². The zero-order valence-electron chi connectivity index (χ0n) is 7.78. The highest BCUT2D eigenvalue weighted by Crippen LogP contribution is 2.22. The minimum absolute atomic E-state index is 0.106. The van der Waals surface area contributed by atoms with Crippen LogP contribution in [0.2, 0.25) is 0 Å². The van der Waals surface area contributed by atoms with Crippen molar-refractivity contribution < 1.29 is 4.92 Å². The molecule has 0 atom stereocenters. The predicted molar refractivity (Wildman–Crippen MR) is 51.6 cm³/mol. The van der Waals surface area contributed by atoms with Gasteiger partial charge in [-0.05, 0) is 24.0 Å². The van der Waals surface area contributed by atoms with Crippen molar-refractivity contribution in [2.75, 3.05) is 0 Å². The molecule has 0 N–H and O–H groups in total. The fourth-order valence-electron chi connectivity index (χ4n) is 1.27. The number of nitrogens with zero attached hydrogens (tertiary/aromatic N) is 1. The lowest BCUT2D eigenvalue weighted by Crippen LogP contribution is -1.94. The third-order valence-corrected chi connectivity index (χ3v) is 1.96. The van der Waals surface area contributed by atoms with Gasteiger partial charge < -0.3 is 0 Å². The Bertz CT molecular complexity index is 332. The summed E-state index contributed by atoms with van der Waals surface area (Å²) in [5, 5.41) is 10.4. The number of benzene rings is 1. The highest BCUT2D eigenvalue weighted by atomic mass is 16.6. The van der Waals surface area contributed by atoms with E-state index in [0.29, 0.717) is 5.92 Å². The summed E-state index contributed by atoms with van der Waals surface area (Å²) in [6.45, 7) is 7.86. The van der Waals surface area contributed by atoms with E-state index in [1.807, 2.05) is 13.8 Å². The standard InChI is InChI=1S/C10H12NO2/c1-7(2)10-5-4-9(11(12)13)6-8(10)3/h4-7H,3H2,1-2H3. The Labute approximate surface area is 77.5 Å². The van der Waals surface area contributed by atoms with E-state index in [0.717, 1.165) is 11.1 Å². The van der Waals surface area contributed by atoms with Crippen molar-refractivity contribution in [2.45, 2.75) is 19.8 Å². The minimum Gasteiger partial charge on any atom is -0.258 e. The van der Waals surface area contributed by atoms with Gasteiger partial charge in [0.05, 0.1) is 4.92 Å². The van der Waals surface area contributed by atoms with E-state index in [-0.39, 0.29) is 5.69 Å². The first kappa shape index (κ1) is 9.71. The van der Waals surface area contributed by atoms with E-state index in [2.05, 4.69) is 6.92 Å². The molecule has 0 saturated carbocycles. The van der Waals surface area contributed by atoms with E-state index in [1.54, 1.807) is 6.07 Å². The Morgan fingerprint density at radius 3 is 2.46 bits per heavy atom. The van der Waals surface area contributed by atoms with Crippen molar-refractivity contribution in [2.24, 2.45) is 0 Å². The molecule has 1 aromatic carbocycles. The Kier molecular flexibility index (Phi) is 2.66. The molecule has 0 saturated heterocycles. The summed E-state index contributed by atoms with van der Waals surface area (Å²) in [4.78, 5) is 10.0. The third-order valence-electron chi connectivity index (χ3n) is 1.96. The van der Waals surface area contributed by atoms with Gasteiger partial charge in [-0.15, -0.1) is 0 Å². The molecule has 0 aliphatic carbocycles. The smallest absolute Gasteiger partial charge is 0.258 e. The Morgan fingerprint density at radius 2 is 2.08 bits per heavy atom. The maximum atomic E-state index is 10.4. The van der Waals surface area contributed by atoms with Crippen molar-refractivity contribution in [3.63, 3.8) is 0 Å². The van der Waals surface area contributed by atoms with Gasteiger partial charge in [0.15, 0.2) is 0 Å². The lowest BCUT2D eigenvalue weighted by Gasteiger charge is -2.08. The molecule has 1 radical (unpaired) electrons. The van der Waals surface area contributed by atoms with Crippen LogP contribution in [0.5, 0.6) is 0 Å². The second-order valence-electron chi connectivity index (χ2n) is 3.29. The summed E-state index contributed by atoms with van der Waals surface area (Å²) >= 11 is 0. The number of non-ortho nitro benzene ring substituents is 1. The molecule has 0 spiro atoms. The number of hydrogen-bond donors (Lipinski definition) is 0. The van der Waals surface area contributed by atoms with Gasteiger partial charge in [-0.1, -0.05) is 19.9 Å². The number of nitro groups is 1. The van der Waals surface area contributed by atoms with Gasteiger partial charge in [0.25, 0.3) is 5.69 Å². The van der Waals surface area contributed by atoms with Crippen LogP contribution in [0.4, 0.5) is 5.69 Å². The predicted octanol–water partition coefficient (Wildman–Crippen LogP) is 2.90. The molecule has 0 amide bonds. The van der Waals surface area contributed by atoms with Crippen molar-refractivity contribution in [1.82, 2.24) is 0 Å². The normalized spacial score (nSPS) is 10.5. The fourth-order valence-corrected chi connectivity index (χ4v) is 1.27. The summed E-state index contributed by atoms with van der Waals surface area (Å²) in [5.41, 5.74) is 1.91. The summed E-state index contributed by atoms with van der Waals surface area (Å²) < 4.78 is 0. The van der Waals surface area contributed by atoms with Crippen molar-refractivity contribution in [3.8, 4) is 0 Å². The molecule has 13 heavy (non-hydrogen) atoms. The van der Waals surface area contributed by atoms with Gasteiger partial charge in [-0.3, -0.25) is 10.1 Å². The van der Waals surface area contributed by atoms with Crippen LogP contribution in [0.25, 0.3) is 0 Å². The number of hydrogen-bond acceptors (Lipinski definition) is 2. The van der Waals surface area contributed by atoms with Crippen LogP contribution in [0, 0.1) is 17.0 Å². The fraction of sp³-hybridized carbons (Fsp3) is 0.300. The summed E-state index contributed by atoms with van der Waals surface area (Å²) in [6, 6.07) is 4.80. The summed E-state index contributed by atoms with van der Waals surface area (Å²) in [6.07, 6.45) is 0. The van der Waals surface area contributed by atoms with Crippen LogP contribution < -0.4 is 0 Å². The van der Waals surface area contributed by atoms with E-state index in [4.69, 9.17) is 0 Å². The van der Waals surface area contributed by atoms with Crippen LogP contribution >= 0.6 is 0 Å². The molecule has 0 aliphatic heterocycles. The van der Waals surface area contributed by atoms with E-state index >= 15 is 0 Å². The van der Waals surface area contributed by atoms with Crippen molar-refractivity contribution >= 4 is 5.69 Å². The molecular formula is C10H12NO2. The molecule has 69 valence electrons. The molecule has 0 heterocycles. The molecule has 0 aliphatic rings. The maximum Gasteiger partial charge on any atom is 0.269 e.